The Bertz CT molecular complexity index is 3860. The number of rotatable bonds is 26. The Labute approximate surface area is 653 Å². The van der Waals surface area contributed by atoms with Gasteiger partial charge in [-0.2, -0.15) is 0 Å². The number of ether oxygens (including phenoxy) is 5. The number of hydrogen-bond donors (Lipinski definition) is 10. The van der Waals surface area contributed by atoms with Crippen LogP contribution in [0, 0.1) is 5.92 Å². The number of hydrogen-bond acceptors (Lipinski definition) is 20. The summed E-state index contributed by atoms with van der Waals surface area (Å²) < 4.78 is 30.6. The fourth-order valence-corrected chi connectivity index (χ4v) is 14.1. The van der Waals surface area contributed by atoms with Gasteiger partial charge in [-0.25, -0.2) is 14.4 Å². The van der Waals surface area contributed by atoms with E-state index in [1.165, 1.54) is 24.6 Å². The summed E-state index contributed by atoms with van der Waals surface area (Å²) in [5, 5.41) is 25.1. The van der Waals surface area contributed by atoms with E-state index in [-0.39, 0.29) is 75.8 Å². The third-order valence-corrected chi connectivity index (χ3v) is 19.0. The second kappa shape index (κ2) is 41.2. The number of carbonyl (C=O) groups is 13. The van der Waals surface area contributed by atoms with Crippen molar-refractivity contribution in [3.05, 3.63) is 102 Å². The maximum atomic E-state index is 15.8. The molecule has 4 aromatic rings. The van der Waals surface area contributed by atoms with Gasteiger partial charge in [-0.1, -0.05) is 89.2 Å². The molecule has 1 fully saturated rings. The third kappa shape index (κ3) is 32.4. The Morgan fingerprint density at radius 3 is 1.81 bits per heavy atom. The molecular weight excluding hydrogens is 1460 g/mol. The monoisotopic (exact) mass is 1570 g/mol. The summed E-state index contributed by atoms with van der Waals surface area (Å²) in [6.45, 7) is 30.3. The van der Waals surface area contributed by atoms with E-state index in [1.54, 1.807) is 169 Å². The van der Waals surface area contributed by atoms with Crippen LogP contribution in [0.2, 0.25) is 0 Å². The Balaban J connectivity index is 1.78. The van der Waals surface area contributed by atoms with Gasteiger partial charge in [0.1, 0.15) is 64.4 Å². The summed E-state index contributed by atoms with van der Waals surface area (Å²) in [5.74, 6) is -9.85. The standard InChI is InChI=1S/C79H115N11O18S2/c1-19-54(82-47(3)91)62(92)37-36-55(65(80)94)83-70(99)60-45-110-109-44-59(86-68(97)57(40-48-27-21-20-22-28-48)88-73(102)107-78(13,14)15)63(93)42-50(39-49-32-34-52(35-33-49)105-76(7,8)9)66(95)85-58(41-51-43-90(74(103)108-79(16,17)18)61-31-24-23-29-53(51)61)69(98)84-56(30-25-26-38-81-72(101)106-77(10,11)12)67(96)89-64(71(100)87-60)46(2)104-75(4,5)6/h20-24,27-29,31-35,43,46,50,54-60,64H,19,25-26,30,36-42,44-45H2,1-18H3,(H2,80,94)(H,81,101)(H,82,91)(H,83,99)(H,84,98)(H,85,95)(H,86,97)(H,87,100)(H,88,102)(H,89,96)/t46-,50-,54+,55+,56+,57-,58-,59+,60+,64+/m1/s1. The van der Waals surface area contributed by atoms with Crippen molar-refractivity contribution in [1.82, 2.24) is 52.4 Å². The number of nitrogens with one attached hydrogen (secondary N) is 9. The summed E-state index contributed by atoms with van der Waals surface area (Å²) >= 11 is 0. The molecule has 0 bridgehead atoms. The summed E-state index contributed by atoms with van der Waals surface area (Å²) in [4.78, 5) is 187. The molecule has 110 heavy (non-hydrogen) atoms. The summed E-state index contributed by atoms with van der Waals surface area (Å²) in [5.41, 5.74) is 3.39. The van der Waals surface area contributed by atoms with Crippen LogP contribution in [0.3, 0.4) is 0 Å². The van der Waals surface area contributed by atoms with Crippen LogP contribution in [0.15, 0.2) is 85.1 Å². The first-order valence-corrected chi connectivity index (χ1v) is 39.6. The van der Waals surface area contributed by atoms with Gasteiger partial charge in [0.15, 0.2) is 11.6 Å². The molecule has 31 heteroatoms. The van der Waals surface area contributed by atoms with Gasteiger partial charge in [-0.3, -0.25) is 52.5 Å². The predicted molar refractivity (Wildman–Crippen MR) is 420 cm³/mol. The van der Waals surface area contributed by atoms with Crippen molar-refractivity contribution in [2.24, 2.45) is 11.7 Å². The minimum Gasteiger partial charge on any atom is -0.488 e. The number of fused-ring (bicyclic) bond motifs is 1. The topological polar surface area (TPSA) is 407 Å². The van der Waals surface area contributed by atoms with Crippen LogP contribution in [0.1, 0.15) is 186 Å². The molecular formula is C79H115N11O18S2. The third-order valence-electron chi connectivity index (χ3n) is 16.6. The lowest BCUT2D eigenvalue weighted by Crippen LogP contribution is -2.62. The minimum atomic E-state index is -1.70. The first-order chi connectivity index (χ1) is 51.2. The molecule has 1 aliphatic rings. The van der Waals surface area contributed by atoms with Gasteiger partial charge in [0.05, 0.1) is 29.3 Å². The highest BCUT2D eigenvalue weighted by atomic mass is 33.1. The highest BCUT2D eigenvalue weighted by molar-refractivity contribution is 8.76. The van der Waals surface area contributed by atoms with Crippen LogP contribution in [-0.2, 0) is 86.2 Å². The normalized spacial score (nSPS) is 19.4. The Morgan fingerprint density at radius 1 is 0.609 bits per heavy atom. The van der Waals surface area contributed by atoms with E-state index < -0.39 is 172 Å². The van der Waals surface area contributed by atoms with Gasteiger partial charge in [0.25, 0.3) is 0 Å². The number of carbonyl (C=O) groups excluding carboxylic acids is 13. The number of aromatic nitrogens is 1. The number of nitrogens with two attached hydrogens (primary N) is 1. The van der Waals surface area contributed by atoms with Gasteiger partial charge in [-0.15, -0.1) is 0 Å². The molecule has 606 valence electrons. The molecule has 0 saturated carbocycles. The van der Waals surface area contributed by atoms with Crippen molar-refractivity contribution >= 4 is 110 Å². The van der Waals surface area contributed by atoms with Crippen LogP contribution in [-0.4, -0.2) is 182 Å². The van der Waals surface area contributed by atoms with E-state index in [0.29, 0.717) is 33.3 Å². The molecule has 10 amide bonds. The number of benzene rings is 3. The first kappa shape index (κ1) is 91.4. The van der Waals surface area contributed by atoms with Crippen LogP contribution >= 0.6 is 21.6 Å². The number of amides is 10. The molecule has 0 radical (unpaired) electrons. The quantitative estimate of drug-likeness (QED) is 0.0161. The molecule has 1 aliphatic heterocycles. The number of primary amides is 1. The van der Waals surface area contributed by atoms with Crippen molar-refractivity contribution in [3.63, 3.8) is 0 Å². The van der Waals surface area contributed by atoms with Gasteiger partial charge >= 0.3 is 18.3 Å². The Kier molecular flexibility index (Phi) is 34.2. The predicted octanol–water partition coefficient (Wildman–Crippen LogP) is 8.05. The zero-order chi connectivity index (χ0) is 82.2. The number of unbranched alkanes of at least 4 members (excludes halogenated alkanes) is 1. The number of ketones is 2. The van der Waals surface area contributed by atoms with Gasteiger partial charge < -0.3 is 77.3 Å². The summed E-state index contributed by atoms with van der Waals surface area (Å²) in [7, 11) is 1.90. The molecule has 3 aromatic carbocycles. The van der Waals surface area contributed by atoms with Crippen LogP contribution in [0.4, 0.5) is 14.4 Å². The molecule has 10 atom stereocenters. The lowest BCUT2D eigenvalue weighted by molar-refractivity contribution is -0.140. The second-order valence-electron chi connectivity index (χ2n) is 32.3. The lowest BCUT2D eigenvalue weighted by atomic mass is 9.90. The highest BCUT2D eigenvalue weighted by Gasteiger charge is 2.40. The van der Waals surface area contributed by atoms with Crippen molar-refractivity contribution in [1.29, 1.82) is 0 Å². The molecule has 0 unspecified atom stereocenters. The summed E-state index contributed by atoms with van der Waals surface area (Å²) in [6, 6.07) is 10.5. The molecule has 1 aromatic heterocycles. The van der Waals surface area contributed by atoms with Crippen molar-refractivity contribution in [2.75, 3.05) is 18.1 Å². The van der Waals surface area contributed by atoms with Crippen molar-refractivity contribution in [2.45, 2.75) is 271 Å². The number of nitrogens with zero attached hydrogens (tertiary/aromatic N) is 1. The summed E-state index contributed by atoms with van der Waals surface area (Å²) in [6.07, 6.45) is -3.69. The lowest BCUT2D eigenvalue weighted by Gasteiger charge is -2.33. The largest absolute Gasteiger partial charge is 0.488 e. The van der Waals surface area contributed by atoms with E-state index in [0.717, 1.165) is 21.6 Å². The molecule has 0 spiro atoms. The molecule has 5 rings (SSSR count). The zero-order valence-corrected chi connectivity index (χ0v) is 68.4. The van der Waals surface area contributed by atoms with E-state index in [2.05, 4.69) is 47.9 Å². The number of para-hydroxylation sites is 1. The second-order valence-corrected chi connectivity index (χ2v) is 34.9. The van der Waals surface area contributed by atoms with Gasteiger partial charge in [-0.05, 0) is 184 Å². The SMILES string of the molecule is CC[C@H](NC(C)=O)C(=O)CC[C@H](NC(=O)[C@@H]1CSSC[C@H](NC(=O)[C@@H](Cc2ccccc2)NC(=O)OC(C)(C)C)C(=O)C[C@@H](Cc2ccc(OC(C)(C)C)cc2)C(=O)N[C@H](Cc2cn(C(=O)OC(C)(C)C)c3ccccc23)C(=O)N[C@@H](CCCCNC(=O)OC(C)(C)C)C(=O)N[C@@H]([C@@H](C)OC(C)(C)C)C(=O)N1)C(N)=O. The zero-order valence-electron chi connectivity index (χ0n) is 66.7. The van der Waals surface area contributed by atoms with E-state index in [9.17, 15) is 33.6 Å². The van der Waals surface area contributed by atoms with Crippen molar-refractivity contribution < 1.29 is 86.0 Å². The van der Waals surface area contributed by atoms with Crippen LogP contribution in [0.5, 0.6) is 5.75 Å². The molecule has 11 N–H and O–H groups in total. The number of alkyl carbamates (subject to hydrolysis) is 2. The number of Topliss-reactive ketones (excluding diaryl/α,β-unsaturated/α-hetero) is 2. The van der Waals surface area contributed by atoms with E-state index >= 15 is 28.8 Å². The molecule has 29 nitrogen and oxygen atoms in total. The maximum absolute atomic E-state index is 15.8. The van der Waals surface area contributed by atoms with Crippen LogP contribution < -0.4 is 58.3 Å². The molecule has 0 aliphatic carbocycles. The Hall–Kier alpha value is -9.23. The average molecular weight is 1570 g/mol. The van der Waals surface area contributed by atoms with Crippen LogP contribution in [0.25, 0.3) is 10.9 Å². The van der Waals surface area contributed by atoms with Gasteiger partial charge in [0, 0.05) is 68.2 Å². The Morgan fingerprint density at radius 2 is 1.21 bits per heavy atom. The fourth-order valence-electron chi connectivity index (χ4n) is 11.7. The fraction of sp³-hybridized carbons (Fsp3) is 0.582. The smallest absolute Gasteiger partial charge is 0.419 e. The van der Waals surface area contributed by atoms with Crippen molar-refractivity contribution in [3.8, 4) is 5.75 Å². The molecule has 2 heterocycles. The highest BCUT2D eigenvalue weighted by Crippen LogP contribution is 2.29. The van der Waals surface area contributed by atoms with E-state index in [4.69, 9.17) is 29.4 Å². The molecule has 1 saturated heterocycles. The van der Waals surface area contributed by atoms with Gasteiger partial charge in [0.2, 0.25) is 47.3 Å². The maximum Gasteiger partial charge on any atom is 0.419 e. The van der Waals surface area contributed by atoms with E-state index in [1.807, 2.05) is 20.8 Å². The first-order valence-electron chi connectivity index (χ1n) is 37.1. The average Bonchev–Trinajstić information content (AvgIpc) is 1.63. The minimum absolute atomic E-state index is 0.0519.